The summed E-state index contributed by atoms with van der Waals surface area (Å²) in [6.45, 7) is 0. The predicted octanol–water partition coefficient (Wildman–Crippen LogP) is 3.34. The Labute approximate surface area is 129 Å². The molecule has 4 rings (SSSR count). The lowest BCUT2D eigenvalue weighted by atomic mass is 10.2. The highest BCUT2D eigenvalue weighted by Gasteiger charge is 2.09. The molecule has 108 valence electrons. The molecule has 0 aliphatic carbocycles. The van der Waals surface area contributed by atoms with E-state index in [-0.39, 0.29) is 5.91 Å². The van der Waals surface area contributed by atoms with Gasteiger partial charge in [-0.25, -0.2) is 9.97 Å². The molecule has 0 spiro atoms. The predicted molar refractivity (Wildman–Crippen MR) is 85.2 cm³/mol. The van der Waals surface area contributed by atoms with Crippen LogP contribution >= 0.6 is 11.6 Å². The second-order valence-corrected chi connectivity index (χ2v) is 5.21. The molecule has 22 heavy (non-hydrogen) atoms. The van der Waals surface area contributed by atoms with Crippen LogP contribution in [-0.2, 0) is 0 Å². The third-order valence-electron chi connectivity index (χ3n) is 3.39. The van der Waals surface area contributed by atoms with E-state index in [4.69, 9.17) is 11.6 Å². The Kier molecular flexibility index (Phi) is 2.83. The van der Waals surface area contributed by atoms with E-state index in [1.807, 2.05) is 0 Å². The number of hydrogen-bond acceptors (Lipinski definition) is 3. The molecule has 2 aromatic heterocycles. The van der Waals surface area contributed by atoms with Crippen LogP contribution in [0.5, 0.6) is 0 Å². The van der Waals surface area contributed by atoms with Crippen molar-refractivity contribution in [3.8, 4) is 0 Å². The number of rotatable bonds is 2. The number of anilines is 1. The first kappa shape index (κ1) is 12.8. The van der Waals surface area contributed by atoms with Crippen molar-refractivity contribution < 1.29 is 4.79 Å². The van der Waals surface area contributed by atoms with Crippen LogP contribution < -0.4 is 5.32 Å². The molecular formula is C15H10ClN5O. The van der Waals surface area contributed by atoms with Gasteiger partial charge in [0.15, 0.2) is 0 Å². The van der Waals surface area contributed by atoms with Crippen LogP contribution in [0.1, 0.15) is 10.4 Å². The van der Waals surface area contributed by atoms with Gasteiger partial charge in [-0.05, 0) is 48.0 Å². The van der Waals surface area contributed by atoms with Gasteiger partial charge in [-0.2, -0.15) is 0 Å². The number of carbonyl (C=O) groups excluding carboxylic acids is 1. The first-order valence-corrected chi connectivity index (χ1v) is 6.96. The maximum absolute atomic E-state index is 12.3. The van der Waals surface area contributed by atoms with Crippen LogP contribution in [0.4, 0.5) is 5.69 Å². The molecule has 1 amide bonds. The number of hydrogen-bond donors (Lipinski definition) is 3. The summed E-state index contributed by atoms with van der Waals surface area (Å²) in [5.74, 6) is -0.193. The van der Waals surface area contributed by atoms with Crippen LogP contribution in [-0.4, -0.2) is 25.8 Å². The number of H-pyrrole nitrogens is 2. The summed E-state index contributed by atoms with van der Waals surface area (Å²) in [4.78, 5) is 26.5. The summed E-state index contributed by atoms with van der Waals surface area (Å²) in [5, 5.41) is 3.17. The van der Waals surface area contributed by atoms with Crippen molar-refractivity contribution in [2.75, 3.05) is 5.32 Å². The zero-order chi connectivity index (χ0) is 15.1. The Morgan fingerprint density at radius 2 is 1.95 bits per heavy atom. The van der Waals surface area contributed by atoms with Crippen molar-refractivity contribution in [1.29, 1.82) is 0 Å². The van der Waals surface area contributed by atoms with Gasteiger partial charge in [0.2, 0.25) is 5.28 Å². The van der Waals surface area contributed by atoms with E-state index < -0.39 is 0 Å². The van der Waals surface area contributed by atoms with Crippen molar-refractivity contribution in [3.05, 3.63) is 53.6 Å². The number of nitrogens with zero attached hydrogens (tertiary/aromatic N) is 2. The zero-order valence-corrected chi connectivity index (χ0v) is 12.0. The van der Waals surface area contributed by atoms with Crippen molar-refractivity contribution in [2.24, 2.45) is 0 Å². The van der Waals surface area contributed by atoms with Crippen molar-refractivity contribution in [2.45, 2.75) is 0 Å². The minimum absolute atomic E-state index is 0.193. The Bertz CT molecular complexity index is 1000. The second-order valence-electron chi connectivity index (χ2n) is 4.85. The highest BCUT2D eigenvalue weighted by molar-refractivity contribution is 6.29. The van der Waals surface area contributed by atoms with E-state index >= 15 is 0 Å². The Balaban J connectivity index is 1.64. The fourth-order valence-electron chi connectivity index (χ4n) is 2.34. The van der Waals surface area contributed by atoms with E-state index in [9.17, 15) is 4.79 Å². The lowest BCUT2D eigenvalue weighted by molar-refractivity contribution is 0.102. The zero-order valence-electron chi connectivity index (χ0n) is 11.2. The number of aromatic amines is 2. The molecule has 0 bridgehead atoms. The molecule has 6 nitrogen and oxygen atoms in total. The van der Waals surface area contributed by atoms with Gasteiger partial charge in [0.1, 0.15) is 0 Å². The van der Waals surface area contributed by atoms with Gasteiger partial charge in [-0.3, -0.25) is 4.79 Å². The molecule has 7 heteroatoms. The highest BCUT2D eigenvalue weighted by Crippen LogP contribution is 2.20. The van der Waals surface area contributed by atoms with Crippen LogP contribution in [0.3, 0.4) is 0 Å². The molecule has 0 aliphatic heterocycles. The standard InChI is InChI=1S/C15H10ClN5O/c16-15-20-11-4-2-9(6-13(11)21-15)19-14(22)8-1-3-10-12(5-8)18-7-17-10/h1-7H,(H,17,18)(H,19,22)(H,20,21). The number of carbonyl (C=O) groups is 1. The number of nitrogens with one attached hydrogen (secondary N) is 3. The topological polar surface area (TPSA) is 86.5 Å². The summed E-state index contributed by atoms with van der Waals surface area (Å²) >= 11 is 5.82. The van der Waals surface area contributed by atoms with E-state index in [0.717, 1.165) is 22.1 Å². The molecular weight excluding hydrogens is 302 g/mol. The Morgan fingerprint density at radius 1 is 1.09 bits per heavy atom. The van der Waals surface area contributed by atoms with Gasteiger partial charge in [0.25, 0.3) is 5.91 Å². The average molecular weight is 312 g/mol. The molecule has 0 fully saturated rings. The van der Waals surface area contributed by atoms with E-state index in [1.54, 1.807) is 42.7 Å². The molecule has 0 radical (unpaired) electrons. The monoisotopic (exact) mass is 311 g/mol. The number of aromatic nitrogens is 4. The maximum atomic E-state index is 12.3. The smallest absolute Gasteiger partial charge is 0.255 e. The normalized spacial score (nSPS) is 11.1. The second kappa shape index (κ2) is 4.85. The Morgan fingerprint density at radius 3 is 2.86 bits per heavy atom. The van der Waals surface area contributed by atoms with Gasteiger partial charge in [0.05, 0.1) is 28.4 Å². The van der Waals surface area contributed by atoms with Gasteiger partial charge < -0.3 is 15.3 Å². The lowest BCUT2D eigenvalue weighted by Gasteiger charge is -2.05. The minimum Gasteiger partial charge on any atom is -0.345 e. The van der Waals surface area contributed by atoms with Crippen molar-refractivity contribution >= 4 is 45.3 Å². The molecule has 2 heterocycles. The highest BCUT2D eigenvalue weighted by atomic mass is 35.5. The third kappa shape index (κ3) is 2.19. The molecule has 3 N–H and O–H groups in total. The van der Waals surface area contributed by atoms with Gasteiger partial charge in [-0.15, -0.1) is 0 Å². The molecule has 0 saturated carbocycles. The summed E-state index contributed by atoms with van der Waals surface area (Å²) in [6, 6.07) is 10.7. The molecule has 0 aliphatic rings. The molecule has 0 atom stereocenters. The van der Waals surface area contributed by atoms with Crippen molar-refractivity contribution in [1.82, 2.24) is 19.9 Å². The number of halogens is 1. The van der Waals surface area contributed by atoms with Crippen LogP contribution in [0.25, 0.3) is 22.1 Å². The summed E-state index contributed by atoms with van der Waals surface area (Å²) in [5.41, 5.74) is 4.39. The van der Waals surface area contributed by atoms with Gasteiger partial charge in [-0.1, -0.05) is 0 Å². The number of imidazole rings is 2. The van der Waals surface area contributed by atoms with Gasteiger partial charge in [0, 0.05) is 11.3 Å². The number of fused-ring (bicyclic) bond motifs is 2. The van der Waals surface area contributed by atoms with Crippen LogP contribution in [0, 0.1) is 0 Å². The maximum Gasteiger partial charge on any atom is 0.255 e. The van der Waals surface area contributed by atoms with E-state index in [0.29, 0.717) is 16.5 Å². The Hall–Kier alpha value is -2.86. The molecule has 4 aromatic rings. The molecule has 2 aromatic carbocycles. The van der Waals surface area contributed by atoms with Crippen molar-refractivity contribution in [3.63, 3.8) is 0 Å². The summed E-state index contributed by atoms with van der Waals surface area (Å²) in [6.07, 6.45) is 1.60. The SMILES string of the molecule is O=C(Nc1ccc2nc(Cl)[nH]c2c1)c1ccc2nc[nH]c2c1. The molecule has 0 saturated heterocycles. The first-order valence-electron chi connectivity index (χ1n) is 6.59. The third-order valence-corrected chi connectivity index (χ3v) is 3.57. The van der Waals surface area contributed by atoms with E-state index in [1.165, 1.54) is 0 Å². The quantitative estimate of drug-likeness (QED) is 0.530. The number of benzene rings is 2. The lowest BCUT2D eigenvalue weighted by Crippen LogP contribution is -2.11. The number of amides is 1. The average Bonchev–Trinajstić information content (AvgIpc) is 3.10. The molecule has 0 unspecified atom stereocenters. The van der Waals surface area contributed by atoms with Gasteiger partial charge >= 0.3 is 0 Å². The first-order chi connectivity index (χ1) is 10.7. The largest absolute Gasteiger partial charge is 0.345 e. The fourth-order valence-corrected chi connectivity index (χ4v) is 2.53. The fraction of sp³-hybridized carbons (Fsp3) is 0. The minimum atomic E-state index is -0.193. The van der Waals surface area contributed by atoms with E-state index in [2.05, 4.69) is 25.3 Å². The summed E-state index contributed by atoms with van der Waals surface area (Å²) in [7, 11) is 0. The van der Waals surface area contributed by atoms with Crippen LogP contribution in [0.2, 0.25) is 5.28 Å². The summed E-state index contributed by atoms with van der Waals surface area (Å²) < 4.78 is 0. The van der Waals surface area contributed by atoms with Crippen LogP contribution in [0.15, 0.2) is 42.7 Å².